The van der Waals surface area contributed by atoms with Crippen LogP contribution in [-0.4, -0.2) is 23.2 Å². The van der Waals surface area contributed by atoms with Crippen molar-refractivity contribution in [2.24, 2.45) is 0 Å². The molecule has 2 nitrogen and oxygen atoms in total. The molecule has 0 saturated heterocycles. The number of alkyl halides is 3. The highest BCUT2D eigenvalue weighted by atomic mass is 79.9. The standard InChI is InChI=1S/C9H6BrF3O2/c10-6-3-1-5(2-4-6)7(14)8(15)9(11,12)13/h1-4,8,15H. The topological polar surface area (TPSA) is 37.3 Å². The Morgan fingerprint density at radius 2 is 1.73 bits per heavy atom. The maximum Gasteiger partial charge on any atom is 0.421 e. The Hall–Kier alpha value is -0.880. The van der Waals surface area contributed by atoms with Crippen molar-refractivity contribution < 1.29 is 23.1 Å². The Morgan fingerprint density at radius 3 is 2.13 bits per heavy atom. The number of hydrogen-bond donors (Lipinski definition) is 1. The molecule has 1 N–H and O–H groups in total. The molecule has 0 spiro atoms. The van der Waals surface area contributed by atoms with E-state index >= 15 is 0 Å². The van der Waals surface area contributed by atoms with Crippen LogP contribution in [0.5, 0.6) is 0 Å². The molecule has 1 rings (SSSR count). The number of carbonyl (C=O) groups excluding carboxylic acids is 1. The molecule has 0 saturated carbocycles. The highest BCUT2D eigenvalue weighted by molar-refractivity contribution is 9.10. The SMILES string of the molecule is O=C(c1ccc(Br)cc1)C(O)C(F)(F)F. The van der Waals surface area contributed by atoms with Gasteiger partial charge in [-0.1, -0.05) is 28.1 Å². The van der Waals surface area contributed by atoms with Crippen molar-refractivity contribution in [2.45, 2.75) is 12.3 Å². The van der Waals surface area contributed by atoms with Crippen LogP contribution in [0.15, 0.2) is 28.7 Å². The Morgan fingerprint density at radius 1 is 1.27 bits per heavy atom. The van der Waals surface area contributed by atoms with Crippen LogP contribution in [0.4, 0.5) is 13.2 Å². The summed E-state index contributed by atoms with van der Waals surface area (Å²) in [6, 6.07) is 5.27. The van der Waals surface area contributed by atoms with Gasteiger partial charge in [-0.05, 0) is 12.1 Å². The van der Waals surface area contributed by atoms with E-state index in [1.54, 1.807) is 0 Å². The Labute approximate surface area is 91.8 Å². The fraction of sp³-hybridized carbons (Fsp3) is 0.222. The van der Waals surface area contributed by atoms with Crippen LogP contribution in [0.2, 0.25) is 0 Å². The molecule has 1 atom stereocenters. The van der Waals surface area contributed by atoms with Crippen LogP contribution in [0.25, 0.3) is 0 Å². The van der Waals surface area contributed by atoms with E-state index in [1.807, 2.05) is 0 Å². The van der Waals surface area contributed by atoms with Gasteiger partial charge in [0.05, 0.1) is 0 Å². The van der Waals surface area contributed by atoms with E-state index in [2.05, 4.69) is 15.9 Å². The molecule has 0 fully saturated rings. The number of benzene rings is 1. The molecule has 0 amide bonds. The maximum atomic E-state index is 12.0. The lowest BCUT2D eigenvalue weighted by atomic mass is 10.1. The first-order valence-corrected chi connectivity index (χ1v) is 4.66. The average Bonchev–Trinajstić information content (AvgIpc) is 2.15. The van der Waals surface area contributed by atoms with Crippen LogP contribution in [0.1, 0.15) is 10.4 Å². The Kier molecular flexibility index (Phi) is 3.51. The molecule has 1 unspecified atom stereocenters. The smallest absolute Gasteiger partial charge is 0.377 e. The van der Waals surface area contributed by atoms with Crippen LogP contribution >= 0.6 is 15.9 Å². The molecule has 6 heteroatoms. The third-order valence-corrected chi connectivity index (χ3v) is 2.22. The number of halogens is 4. The van der Waals surface area contributed by atoms with Gasteiger partial charge in [0.15, 0.2) is 0 Å². The summed E-state index contributed by atoms with van der Waals surface area (Å²) in [6.07, 6.45) is -7.89. The minimum Gasteiger partial charge on any atom is -0.377 e. The van der Waals surface area contributed by atoms with Gasteiger partial charge in [0.2, 0.25) is 11.9 Å². The lowest BCUT2D eigenvalue weighted by molar-refractivity contribution is -0.186. The maximum absolute atomic E-state index is 12.0. The van der Waals surface area contributed by atoms with Crippen molar-refractivity contribution >= 4 is 21.7 Å². The van der Waals surface area contributed by atoms with Gasteiger partial charge in [-0.2, -0.15) is 13.2 Å². The zero-order valence-corrected chi connectivity index (χ0v) is 8.84. The lowest BCUT2D eigenvalue weighted by Gasteiger charge is -2.12. The lowest BCUT2D eigenvalue weighted by Crippen LogP contribution is -2.36. The van der Waals surface area contributed by atoms with E-state index in [4.69, 9.17) is 5.11 Å². The second kappa shape index (κ2) is 4.32. The van der Waals surface area contributed by atoms with E-state index in [0.29, 0.717) is 4.47 Å². The molecule has 0 aromatic heterocycles. The van der Waals surface area contributed by atoms with Crippen LogP contribution in [0, 0.1) is 0 Å². The third kappa shape index (κ3) is 3.04. The van der Waals surface area contributed by atoms with Crippen molar-refractivity contribution in [3.05, 3.63) is 34.3 Å². The van der Waals surface area contributed by atoms with Crippen molar-refractivity contribution in [2.75, 3.05) is 0 Å². The molecule has 0 bridgehead atoms. The molecule has 0 heterocycles. The molecule has 0 aliphatic heterocycles. The zero-order valence-electron chi connectivity index (χ0n) is 7.25. The molecule has 0 aliphatic carbocycles. The summed E-state index contributed by atoms with van der Waals surface area (Å²) in [4.78, 5) is 11.1. The van der Waals surface area contributed by atoms with Gasteiger partial charge in [-0.3, -0.25) is 4.79 Å². The van der Waals surface area contributed by atoms with E-state index in [-0.39, 0.29) is 5.56 Å². The largest absolute Gasteiger partial charge is 0.421 e. The highest BCUT2D eigenvalue weighted by Crippen LogP contribution is 2.23. The highest BCUT2D eigenvalue weighted by Gasteiger charge is 2.43. The Balaban J connectivity index is 2.90. The molecule has 82 valence electrons. The van der Waals surface area contributed by atoms with Crippen molar-refractivity contribution in [3.8, 4) is 0 Å². The molecule has 1 aromatic rings. The van der Waals surface area contributed by atoms with Gasteiger partial charge < -0.3 is 5.11 Å². The summed E-state index contributed by atoms with van der Waals surface area (Å²) in [6.45, 7) is 0. The summed E-state index contributed by atoms with van der Waals surface area (Å²) < 4.78 is 36.6. The summed E-state index contributed by atoms with van der Waals surface area (Å²) >= 11 is 3.08. The first-order chi connectivity index (χ1) is 6.82. The number of aliphatic hydroxyl groups is 1. The Bertz CT molecular complexity index is 359. The zero-order chi connectivity index (χ0) is 11.6. The number of carbonyl (C=O) groups is 1. The first kappa shape index (κ1) is 12.2. The second-order valence-corrected chi connectivity index (χ2v) is 3.73. The van der Waals surface area contributed by atoms with E-state index in [0.717, 1.165) is 0 Å². The van der Waals surface area contributed by atoms with Crippen molar-refractivity contribution in [1.29, 1.82) is 0 Å². The van der Waals surface area contributed by atoms with E-state index in [9.17, 15) is 18.0 Å². The van der Waals surface area contributed by atoms with Gasteiger partial charge in [0, 0.05) is 10.0 Å². The number of aliphatic hydroxyl groups excluding tert-OH is 1. The number of Topliss-reactive ketones (excluding diaryl/α,β-unsaturated/α-hetero) is 1. The predicted octanol–water partition coefficient (Wildman–Crippen LogP) is 2.56. The van der Waals surface area contributed by atoms with Gasteiger partial charge >= 0.3 is 6.18 Å². The molecule has 0 radical (unpaired) electrons. The van der Waals surface area contributed by atoms with Gasteiger partial charge in [-0.25, -0.2) is 0 Å². The molecular formula is C9H6BrF3O2. The quantitative estimate of drug-likeness (QED) is 0.847. The first-order valence-electron chi connectivity index (χ1n) is 3.87. The van der Waals surface area contributed by atoms with E-state index < -0.39 is 18.1 Å². The predicted molar refractivity (Wildman–Crippen MR) is 50.5 cm³/mol. The van der Waals surface area contributed by atoms with Crippen LogP contribution in [0.3, 0.4) is 0 Å². The summed E-state index contributed by atoms with van der Waals surface area (Å²) in [7, 11) is 0. The van der Waals surface area contributed by atoms with Gasteiger partial charge in [0.1, 0.15) is 0 Å². The number of ketones is 1. The number of rotatable bonds is 2. The monoisotopic (exact) mass is 282 g/mol. The van der Waals surface area contributed by atoms with Crippen molar-refractivity contribution in [1.82, 2.24) is 0 Å². The fourth-order valence-corrected chi connectivity index (χ4v) is 1.19. The summed E-state index contributed by atoms with van der Waals surface area (Å²) in [5.74, 6) is -1.35. The fourth-order valence-electron chi connectivity index (χ4n) is 0.921. The number of hydrogen-bond acceptors (Lipinski definition) is 2. The molecular weight excluding hydrogens is 277 g/mol. The van der Waals surface area contributed by atoms with E-state index in [1.165, 1.54) is 24.3 Å². The van der Waals surface area contributed by atoms with Gasteiger partial charge in [0.25, 0.3) is 0 Å². The second-order valence-electron chi connectivity index (χ2n) is 2.82. The summed E-state index contributed by atoms with van der Waals surface area (Å²) in [5.41, 5.74) is -0.178. The third-order valence-electron chi connectivity index (χ3n) is 1.69. The van der Waals surface area contributed by atoms with Crippen LogP contribution in [-0.2, 0) is 0 Å². The molecule has 1 aromatic carbocycles. The van der Waals surface area contributed by atoms with Gasteiger partial charge in [-0.15, -0.1) is 0 Å². The molecule has 0 aliphatic rings. The average molecular weight is 283 g/mol. The van der Waals surface area contributed by atoms with Crippen molar-refractivity contribution in [3.63, 3.8) is 0 Å². The minimum atomic E-state index is -4.93. The molecule has 15 heavy (non-hydrogen) atoms. The summed E-state index contributed by atoms with van der Waals surface area (Å²) in [5, 5.41) is 8.69. The minimum absolute atomic E-state index is 0.178. The normalized spacial score (nSPS) is 13.7. The van der Waals surface area contributed by atoms with Crippen LogP contribution < -0.4 is 0 Å².